The molecule has 34 heavy (non-hydrogen) atoms. The molecule has 8 aromatic rings. The maximum absolute atomic E-state index is 2.51. The molecule has 0 saturated carbocycles. The number of thiophene rings is 1. The molecule has 0 radical (unpaired) electrons. The maximum Gasteiger partial charge on any atom is 0.0726 e. The molecule has 1 nitrogen and oxygen atoms in total. The first-order valence-corrected chi connectivity index (χ1v) is 12.4. The minimum absolute atomic E-state index is 1.23. The fourth-order valence-electron chi connectivity index (χ4n) is 5.78. The third-order valence-corrected chi connectivity index (χ3v) is 8.34. The van der Waals surface area contributed by atoms with Crippen molar-refractivity contribution in [2.45, 2.75) is 0 Å². The summed E-state index contributed by atoms with van der Waals surface area (Å²) in [6.07, 6.45) is 0. The summed E-state index contributed by atoms with van der Waals surface area (Å²) in [5.74, 6) is 0. The van der Waals surface area contributed by atoms with Crippen molar-refractivity contribution in [1.29, 1.82) is 0 Å². The van der Waals surface area contributed by atoms with Crippen LogP contribution in [0.25, 0.3) is 69.2 Å². The van der Waals surface area contributed by atoms with E-state index in [9.17, 15) is 0 Å². The van der Waals surface area contributed by atoms with Crippen LogP contribution in [0.2, 0.25) is 0 Å². The second kappa shape index (κ2) is 6.69. The molecule has 0 aliphatic heterocycles. The number of rotatable bonds is 1. The van der Waals surface area contributed by atoms with E-state index in [0.717, 1.165) is 0 Å². The molecule has 0 fully saturated rings. The summed E-state index contributed by atoms with van der Waals surface area (Å²) >= 11 is 1.91. The molecule has 0 aliphatic carbocycles. The fourth-order valence-corrected chi connectivity index (χ4v) is 7.04. The molecule has 2 aromatic heterocycles. The van der Waals surface area contributed by atoms with Crippen LogP contribution in [0.3, 0.4) is 0 Å². The summed E-state index contributed by atoms with van der Waals surface area (Å²) < 4.78 is 5.21. The van der Waals surface area contributed by atoms with Gasteiger partial charge in [-0.15, -0.1) is 11.3 Å². The topological polar surface area (TPSA) is 4.93 Å². The van der Waals surface area contributed by atoms with Gasteiger partial charge in [-0.2, -0.15) is 0 Å². The predicted molar refractivity (Wildman–Crippen MR) is 149 cm³/mol. The highest BCUT2D eigenvalue weighted by molar-refractivity contribution is 7.27. The van der Waals surface area contributed by atoms with Crippen LogP contribution in [0.15, 0.2) is 115 Å². The summed E-state index contributed by atoms with van der Waals surface area (Å²) in [6, 6.07) is 42.0. The zero-order valence-corrected chi connectivity index (χ0v) is 19.1. The van der Waals surface area contributed by atoms with E-state index in [1.807, 2.05) is 11.3 Å². The van der Waals surface area contributed by atoms with Crippen LogP contribution in [0, 0.1) is 0 Å². The van der Waals surface area contributed by atoms with Gasteiger partial charge in [0.05, 0.1) is 21.4 Å². The number of aromatic nitrogens is 1. The average molecular weight is 450 g/mol. The van der Waals surface area contributed by atoms with Gasteiger partial charge in [-0.1, -0.05) is 97.1 Å². The Balaban J connectivity index is 1.74. The summed E-state index contributed by atoms with van der Waals surface area (Å²) in [4.78, 5) is 0. The molecule has 0 N–H and O–H groups in total. The molecule has 158 valence electrons. The lowest BCUT2D eigenvalue weighted by molar-refractivity contribution is 1.21. The first kappa shape index (κ1) is 18.3. The van der Waals surface area contributed by atoms with Gasteiger partial charge >= 0.3 is 0 Å². The van der Waals surface area contributed by atoms with Gasteiger partial charge < -0.3 is 4.57 Å². The maximum atomic E-state index is 2.51. The number of nitrogens with zero attached hydrogens (tertiary/aromatic N) is 1. The normalized spacial score (nSPS) is 12.1. The monoisotopic (exact) mass is 449 g/mol. The number of para-hydroxylation sites is 1. The summed E-state index contributed by atoms with van der Waals surface area (Å²) in [7, 11) is 0. The Morgan fingerprint density at radius 3 is 1.94 bits per heavy atom. The van der Waals surface area contributed by atoms with Crippen molar-refractivity contribution in [2.24, 2.45) is 0 Å². The molecule has 0 saturated heterocycles. The van der Waals surface area contributed by atoms with Crippen LogP contribution >= 0.6 is 11.3 Å². The highest BCUT2D eigenvalue weighted by Crippen LogP contribution is 2.48. The SMILES string of the molecule is c1ccc2c(-n3c4ccccc4c4c5ccccc5c5c6ccccc6sc5c43)cccc2c1. The quantitative estimate of drug-likeness (QED) is 0.235. The molecule has 2 heteroatoms. The minimum Gasteiger partial charge on any atom is -0.307 e. The zero-order chi connectivity index (χ0) is 22.2. The summed E-state index contributed by atoms with van der Waals surface area (Å²) in [5, 5.41) is 10.6. The zero-order valence-electron chi connectivity index (χ0n) is 18.3. The molecule has 2 heterocycles. The Morgan fingerprint density at radius 1 is 0.471 bits per heavy atom. The lowest BCUT2D eigenvalue weighted by Gasteiger charge is -2.13. The van der Waals surface area contributed by atoms with Gasteiger partial charge in [-0.05, 0) is 34.4 Å². The number of benzene rings is 6. The van der Waals surface area contributed by atoms with Crippen LogP contribution in [0.1, 0.15) is 0 Å². The Morgan fingerprint density at radius 2 is 1.09 bits per heavy atom. The van der Waals surface area contributed by atoms with E-state index in [0.29, 0.717) is 0 Å². The van der Waals surface area contributed by atoms with E-state index in [2.05, 4.69) is 120 Å². The smallest absolute Gasteiger partial charge is 0.0726 e. The number of hydrogen-bond donors (Lipinski definition) is 0. The molecule has 6 aromatic carbocycles. The Bertz CT molecular complexity index is 2070. The second-order valence-corrected chi connectivity index (χ2v) is 9.97. The predicted octanol–water partition coefficient (Wildman–Crippen LogP) is 9.46. The van der Waals surface area contributed by atoms with E-state index in [1.165, 1.54) is 69.2 Å². The largest absolute Gasteiger partial charge is 0.307 e. The lowest BCUT2D eigenvalue weighted by Crippen LogP contribution is -1.95. The van der Waals surface area contributed by atoms with Gasteiger partial charge in [0.15, 0.2) is 0 Å². The minimum atomic E-state index is 1.23. The van der Waals surface area contributed by atoms with E-state index < -0.39 is 0 Å². The average Bonchev–Trinajstić information content (AvgIpc) is 3.45. The standard InChI is InChI=1S/C32H19NS/c1-2-12-21-20(10-1)11-9-18-26(21)33-27-17-7-5-15-24(27)29-22-13-3-4-14-23(22)30-25-16-6-8-19-28(25)34-32(30)31(29)33/h1-19H. The molecule has 0 amide bonds. The lowest BCUT2D eigenvalue weighted by atomic mass is 9.99. The molecule has 0 aliphatic rings. The van der Waals surface area contributed by atoms with Gasteiger partial charge in [0.25, 0.3) is 0 Å². The van der Waals surface area contributed by atoms with Crippen molar-refractivity contribution < 1.29 is 0 Å². The molecule has 0 atom stereocenters. The van der Waals surface area contributed by atoms with Crippen molar-refractivity contribution in [1.82, 2.24) is 4.57 Å². The van der Waals surface area contributed by atoms with Gasteiger partial charge in [0, 0.05) is 31.6 Å². The molecular formula is C32H19NS. The van der Waals surface area contributed by atoms with Crippen molar-refractivity contribution in [3.8, 4) is 5.69 Å². The molecule has 0 bridgehead atoms. The van der Waals surface area contributed by atoms with Gasteiger partial charge in [-0.3, -0.25) is 0 Å². The van der Waals surface area contributed by atoms with Gasteiger partial charge in [0.1, 0.15) is 0 Å². The van der Waals surface area contributed by atoms with Gasteiger partial charge in [0.2, 0.25) is 0 Å². The Labute approximate surface area is 200 Å². The third kappa shape index (κ3) is 2.28. The molecule has 8 rings (SSSR count). The van der Waals surface area contributed by atoms with Crippen molar-refractivity contribution in [2.75, 3.05) is 0 Å². The molecule has 0 unspecified atom stereocenters. The molecular weight excluding hydrogens is 430 g/mol. The number of hydrogen-bond acceptors (Lipinski definition) is 1. The van der Waals surface area contributed by atoms with E-state index >= 15 is 0 Å². The highest BCUT2D eigenvalue weighted by atomic mass is 32.1. The van der Waals surface area contributed by atoms with E-state index in [4.69, 9.17) is 0 Å². The third-order valence-electron chi connectivity index (χ3n) is 7.16. The fraction of sp³-hybridized carbons (Fsp3) is 0. The Kier molecular flexibility index (Phi) is 3.60. The van der Waals surface area contributed by atoms with Crippen LogP contribution in [-0.2, 0) is 0 Å². The van der Waals surface area contributed by atoms with Crippen molar-refractivity contribution >= 4 is 74.9 Å². The van der Waals surface area contributed by atoms with Crippen LogP contribution < -0.4 is 0 Å². The summed E-state index contributed by atoms with van der Waals surface area (Å²) in [5.41, 5.74) is 3.80. The van der Waals surface area contributed by atoms with E-state index in [-0.39, 0.29) is 0 Å². The van der Waals surface area contributed by atoms with Crippen LogP contribution in [0.4, 0.5) is 0 Å². The molecule has 0 spiro atoms. The van der Waals surface area contributed by atoms with Gasteiger partial charge in [-0.25, -0.2) is 0 Å². The number of fused-ring (bicyclic) bond motifs is 11. The van der Waals surface area contributed by atoms with E-state index in [1.54, 1.807) is 0 Å². The first-order chi connectivity index (χ1) is 16.9. The highest BCUT2D eigenvalue weighted by Gasteiger charge is 2.21. The summed E-state index contributed by atoms with van der Waals surface area (Å²) in [6.45, 7) is 0. The van der Waals surface area contributed by atoms with Crippen molar-refractivity contribution in [3.63, 3.8) is 0 Å². The van der Waals surface area contributed by atoms with Crippen LogP contribution in [0.5, 0.6) is 0 Å². The first-order valence-electron chi connectivity index (χ1n) is 11.6. The van der Waals surface area contributed by atoms with Crippen molar-refractivity contribution in [3.05, 3.63) is 115 Å². The van der Waals surface area contributed by atoms with Crippen LogP contribution in [-0.4, -0.2) is 4.57 Å². The Hall–Kier alpha value is -4.14. The second-order valence-electron chi connectivity index (χ2n) is 8.92.